The van der Waals surface area contributed by atoms with Crippen LogP contribution in [0.2, 0.25) is 0 Å². The summed E-state index contributed by atoms with van der Waals surface area (Å²) in [5.41, 5.74) is 1.69. The molecule has 0 saturated carbocycles. The fourth-order valence-electron chi connectivity index (χ4n) is 1.84. The average molecular weight is 225 g/mol. The maximum atomic E-state index is 11.9. The Kier molecular flexibility index (Phi) is 3.33. The van der Waals surface area contributed by atoms with Crippen molar-refractivity contribution < 1.29 is 4.79 Å². The summed E-state index contributed by atoms with van der Waals surface area (Å²) >= 11 is 1.39. The minimum atomic E-state index is 0.0752. The van der Waals surface area contributed by atoms with Crippen molar-refractivity contribution in [2.45, 2.75) is 18.9 Å². The van der Waals surface area contributed by atoms with E-state index in [1.165, 1.54) is 24.2 Å². The third-order valence-electron chi connectivity index (χ3n) is 2.65. The van der Waals surface area contributed by atoms with E-state index in [1.54, 1.807) is 16.6 Å². The molecule has 0 aliphatic carbocycles. The molecule has 4 nitrogen and oxygen atoms in total. The number of hydrogen-bond acceptors (Lipinski definition) is 4. The van der Waals surface area contributed by atoms with E-state index in [-0.39, 0.29) is 5.91 Å². The van der Waals surface area contributed by atoms with Gasteiger partial charge < -0.3 is 10.2 Å². The second-order valence-corrected chi connectivity index (χ2v) is 4.73. The molecule has 1 N–H and O–H groups in total. The maximum absolute atomic E-state index is 11.9. The molecule has 0 radical (unpaired) electrons. The summed E-state index contributed by atoms with van der Waals surface area (Å²) in [6.45, 7) is 1.87. The first kappa shape index (κ1) is 10.6. The molecule has 1 saturated heterocycles. The third kappa shape index (κ3) is 2.54. The van der Waals surface area contributed by atoms with Crippen LogP contribution in [-0.2, 0) is 0 Å². The predicted molar refractivity (Wildman–Crippen MR) is 60.1 cm³/mol. The van der Waals surface area contributed by atoms with Crippen molar-refractivity contribution in [1.82, 2.24) is 15.2 Å². The highest BCUT2D eigenvalue weighted by molar-refractivity contribution is 7.11. The Bertz CT molecular complexity index is 319. The van der Waals surface area contributed by atoms with Crippen molar-refractivity contribution in [3.8, 4) is 0 Å². The van der Waals surface area contributed by atoms with E-state index in [1.807, 2.05) is 7.05 Å². The highest BCUT2D eigenvalue weighted by Crippen LogP contribution is 2.11. The van der Waals surface area contributed by atoms with Gasteiger partial charge in [-0.25, -0.2) is 0 Å². The van der Waals surface area contributed by atoms with Crippen LogP contribution in [0.1, 0.15) is 22.5 Å². The van der Waals surface area contributed by atoms with Gasteiger partial charge in [0.25, 0.3) is 5.91 Å². The Morgan fingerprint density at radius 2 is 2.67 bits per heavy atom. The normalized spacial score (nSPS) is 20.5. The fraction of sp³-hybridized carbons (Fsp3) is 0.600. The monoisotopic (exact) mass is 225 g/mol. The number of aromatic nitrogens is 1. The maximum Gasteiger partial charge on any atom is 0.265 e. The number of likely N-dealkylation sites (N-methyl/N-ethyl adjacent to an activating group) is 1. The predicted octanol–water partition coefficient (Wildman–Crippen LogP) is 0.967. The largest absolute Gasteiger partial charge is 0.339 e. The van der Waals surface area contributed by atoms with Gasteiger partial charge in [-0.2, -0.15) is 0 Å². The lowest BCUT2D eigenvalue weighted by molar-refractivity contribution is 0.0788. The first-order valence-corrected chi connectivity index (χ1v) is 6.02. The molecular weight excluding hydrogens is 210 g/mol. The lowest BCUT2D eigenvalue weighted by Gasteiger charge is -2.20. The van der Waals surface area contributed by atoms with Crippen LogP contribution in [0.5, 0.6) is 0 Å². The van der Waals surface area contributed by atoms with E-state index in [4.69, 9.17) is 0 Å². The molecule has 1 aromatic heterocycles. The van der Waals surface area contributed by atoms with E-state index in [0.29, 0.717) is 6.04 Å². The van der Waals surface area contributed by atoms with Crippen molar-refractivity contribution in [2.75, 3.05) is 20.1 Å². The van der Waals surface area contributed by atoms with E-state index < -0.39 is 0 Å². The van der Waals surface area contributed by atoms with Gasteiger partial charge in [0.1, 0.15) is 4.88 Å². The molecule has 1 aromatic rings. The number of hydrogen-bond donors (Lipinski definition) is 1. The Hall–Kier alpha value is -0.940. The van der Waals surface area contributed by atoms with Gasteiger partial charge in [0, 0.05) is 19.6 Å². The molecule has 0 bridgehead atoms. The molecule has 1 amide bonds. The molecule has 15 heavy (non-hydrogen) atoms. The second-order valence-electron chi connectivity index (χ2n) is 3.84. The summed E-state index contributed by atoms with van der Waals surface area (Å²) in [7, 11) is 1.85. The summed E-state index contributed by atoms with van der Waals surface area (Å²) < 4.78 is 0. The van der Waals surface area contributed by atoms with Gasteiger partial charge in [-0.15, -0.1) is 11.3 Å². The molecule has 82 valence electrons. The van der Waals surface area contributed by atoms with Crippen LogP contribution in [0.25, 0.3) is 0 Å². The van der Waals surface area contributed by atoms with Crippen LogP contribution in [0.15, 0.2) is 11.7 Å². The minimum Gasteiger partial charge on any atom is -0.339 e. The number of nitrogens with one attached hydrogen (secondary N) is 1. The molecule has 5 heteroatoms. The first-order chi connectivity index (χ1) is 7.27. The Labute approximate surface area is 93.3 Å². The van der Waals surface area contributed by atoms with E-state index in [9.17, 15) is 4.79 Å². The minimum absolute atomic E-state index is 0.0752. The second kappa shape index (κ2) is 4.72. The van der Waals surface area contributed by atoms with E-state index >= 15 is 0 Å². The summed E-state index contributed by atoms with van der Waals surface area (Å²) in [5, 5.41) is 3.38. The Balaban J connectivity index is 1.90. The highest BCUT2D eigenvalue weighted by Gasteiger charge is 2.20. The molecule has 1 aliphatic rings. The lowest BCUT2D eigenvalue weighted by Crippen LogP contribution is -2.38. The number of rotatable bonds is 3. The summed E-state index contributed by atoms with van der Waals surface area (Å²) in [6, 6.07) is 0.465. The first-order valence-electron chi connectivity index (χ1n) is 5.14. The number of carbonyl (C=O) groups is 1. The van der Waals surface area contributed by atoms with Crippen LogP contribution in [0, 0.1) is 0 Å². The number of carbonyl (C=O) groups excluding carboxylic acids is 1. The molecule has 1 aliphatic heterocycles. The van der Waals surface area contributed by atoms with Gasteiger partial charge in [0.05, 0.1) is 11.7 Å². The van der Waals surface area contributed by atoms with Gasteiger partial charge >= 0.3 is 0 Å². The molecule has 1 fully saturated rings. The van der Waals surface area contributed by atoms with Crippen LogP contribution in [-0.4, -0.2) is 42.0 Å². The quantitative estimate of drug-likeness (QED) is 0.833. The van der Waals surface area contributed by atoms with Crippen molar-refractivity contribution in [3.05, 3.63) is 16.6 Å². The molecule has 1 atom stereocenters. The SMILES string of the molecule is CN(CC1CCCN1)C(=O)c1cncs1. The molecule has 0 spiro atoms. The van der Waals surface area contributed by atoms with Crippen molar-refractivity contribution in [1.29, 1.82) is 0 Å². The zero-order valence-corrected chi connectivity index (χ0v) is 9.59. The average Bonchev–Trinajstić information content (AvgIpc) is 2.88. The number of amides is 1. The van der Waals surface area contributed by atoms with E-state index in [2.05, 4.69) is 10.3 Å². The van der Waals surface area contributed by atoms with Crippen LogP contribution < -0.4 is 5.32 Å². The van der Waals surface area contributed by atoms with Gasteiger partial charge in [0.15, 0.2) is 0 Å². The zero-order chi connectivity index (χ0) is 10.7. The third-order valence-corrected chi connectivity index (χ3v) is 3.41. The standard InChI is InChI=1S/C10H15N3OS/c1-13(6-8-3-2-4-12-8)10(14)9-5-11-7-15-9/h5,7-8,12H,2-4,6H2,1H3. The van der Waals surface area contributed by atoms with Crippen LogP contribution in [0.3, 0.4) is 0 Å². The lowest BCUT2D eigenvalue weighted by atomic mass is 10.2. The molecule has 2 rings (SSSR count). The van der Waals surface area contributed by atoms with E-state index in [0.717, 1.165) is 18.0 Å². The molecule has 0 aromatic carbocycles. The zero-order valence-electron chi connectivity index (χ0n) is 8.77. The summed E-state index contributed by atoms with van der Waals surface area (Å²) in [5.74, 6) is 0.0752. The van der Waals surface area contributed by atoms with Gasteiger partial charge in [-0.3, -0.25) is 9.78 Å². The van der Waals surface area contributed by atoms with Crippen LogP contribution >= 0.6 is 11.3 Å². The Morgan fingerprint density at radius 3 is 3.27 bits per heavy atom. The van der Waals surface area contributed by atoms with Crippen molar-refractivity contribution in [2.24, 2.45) is 0 Å². The smallest absolute Gasteiger partial charge is 0.265 e. The van der Waals surface area contributed by atoms with Gasteiger partial charge in [0.2, 0.25) is 0 Å². The molecular formula is C10H15N3OS. The Morgan fingerprint density at radius 1 is 1.80 bits per heavy atom. The topological polar surface area (TPSA) is 45.2 Å². The fourth-order valence-corrected chi connectivity index (χ4v) is 2.45. The highest BCUT2D eigenvalue weighted by atomic mass is 32.1. The number of thiazole rings is 1. The molecule has 1 unspecified atom stereocenters. The van der Waals surface area contributed by atoms with Crippen molar-refractivity contribution >= 4 is 17.2 Å². The number of nitrogens with zero attached hydrogens (tertiary/aromatic N) is 2. The van der Waals surface area contributed by atoms with Crippen molar-refractivity contribution in [3.63, 3.8) is 0 Å². The van der Waals surface area contributed by atoms with Gasteiger partial charge in [-0.1, -0.05) is 0 Å². The van der Waals surface area contributed by atoms with Crippen LogP contribution in [0.4, 0.5) is 0 Å². The summed E-state index contributed by atoms with van der Waals surface area (Å²) in [4.78, 5) is 18.3. The summed E-state index contributed by atoms with van der Waals surface area (Å²) in [6.07, 6.45) is 4.01. The van der Waals surface area contributed by atoms with Gasteiger partial charge in [-0.05, 0) is 19.4 Å². The molecule has 2 heterocycles.